The van der Waals surface area contributed by atoms with Crippen molar-refractivity contribution in [2.24, 2.45) is 47.5 Å². The zero-order valence-corrected chi connectivity index (χ0v) is 65.0. The van der Waals surface area contributed by atoms with Gasteiger partial charge in [0.2, 0.25) is 18.2 Å². The smallest absolute Gasteiger partial charge is 0.318 e. The second-order valence-corrected chi connectivity index (χ2v) is 39.7. The van der Waals surface area contributed by atoms with Crippen LogP contribution in [0.25, 0.3) is 0 Å². The van der Waals surface area contributed by atoms with Crippen LogP contribution in [0.2, 0.25) is 0 Å². The van der Waals surface area contributed by atoms with Crippen LogP contribution in [-0.2, 0) is 14.4 Å². The highest BCUT2D eigenvalue weighted by molar-refractivity contribution is 14.3. The first-order chi connectivity index (χ1) is 39.5. The predicted molar refractivity (Wildman–Crippen MR) is 383 cm³/mol. The third kappa shape index (κ3) is 39.1. The lowest BCUT2D eigenvalue weighted by Gasteiger charge is -2.47. The van der Waals surface area contributed by atoms with Crippen LogP contribution >= 0.6 is 47.9 Å². The molecular formula is C66H130I2N11O6P. The Labute approximate surface area is 556 Å². The van der Waals surface area contributed by atoms with E-state index in [1.165, 1.54) is 0 Å². The normalized spacial score (nSPS) is 23.7. The molecule has 0 aliphatic heterocycles. The van der Waals surface area contributed by atoms with Gasteiger partial charge in [-0.05, 0) is 217 Å². The molecule has 6 amide bonds. The first kappa shape index (κ1) is 85.8. The van der Waals surface area contributed by atoms with Gasteiger partial charge in [0, 0.05) is 82.9 Å². The Morgan fingerprint density at radius 1 is 0.465 bits per heavy atom. The van der Waals surface area contributed by atoms with Gasteiger partial charge >= 0.3 is 18.1 Å². The summed E-state index contributed by atoms with van der Waals surface area (Å²) in [5.74, 6) is 0. The summed E-state index contributed by atoms with van der Waals surface area (Å²) in [6.45, 7) is 63.1. The molecule has 3 aliphatic carbocycles. The third-order valence-electron chi connectivity index (χ3n) is 15.3. The molecule has 0 radical (unpaired) electrons. The van der Waals surface area contributed by atoms with Crippen molar-refractivity contribution >= 4 is 84.2 Å². The van der Waals surface area contributed by atoms with E-state index in [0.717, 1.165) is 57.8 Å². The molecule has 6 unspecified atom stereocenters. The van der Waals surface area contributed by atoms with Crippen molar-refractivity contribution in [3.8, 4) is 0 Å². The monoisotopic (exact) mass is 1460 g/mol. The molecule has 3 fully saturated rings. The molecule has 504 valence electrons. The van der Waals surface area contributed by atoms with Crippen LogP contribution in [0.5, 0.6) is 0 Å². The van der Waals surface area contributed by atoms with E-state index in [-0.39, 0.29) is 105 Å². The number of hydrogen-bond acceptors (Lipinski definition) is 11. The lowest BCUT2D eigenvalue weighted by molar-refractivity contribution is 0.0674. The van der Waals surface area contributed by atoms with Crippen LogP contribution in [0.3, 0.4) is 0 Å². The Bertz CT molecular complexity index is 2080. The van der Waals surface area contributed by atoms with Crippen molar-refractivity contribution in [3.63, 3.8) is 0 Å². The summed E-state index contributed by atoms with van der Waals surface area (Å²) in [5.41, 5.74) is 0.142. The van der Waals surface area contributed by atoms with E-state index in [1.807, 2.05) is 70.1 Å². The first-order valence-corrected chi connectivity index (χ1v) is 38.4. The molecule has 6 atom stereocenters. The molecule has 3 rings (SSSR count). The first-order valence-electron chi connectivity index (χ1n) is 32.4. The molecule has 0 heterocycles. The van der Waals surface area contributed by atoms with Crippen LogP contribution < -0.4 is 26.6 Å². The van der Waals surface area contributed by atoms with E-state index in [1.54, 1.807) is 18.2 Å². The number of urea groups is 3. The van der Waals surface area contributed by atoms with Crippen molar-refractivity contribution in [1.29, 1.82) is 1.28 Å². The summed E-state index contributed by atoms with van der Waals surface area (Å²) >= 11 is 4.12. The van der Waals surface area contributed by atoms with Gasteiger partial charge in [-0.15, -0.1) is 0 Å². The Morgan fingerprint density at radius 3 is 1.02 bits per heavy atom. The Hall–Kier alpha value is -2.24. The van der Waals surface area contributed by atoms with Crippen LogP contribution in [0.15, 0.2) is 15.0 Å². The fourth-order valence-corrected chi connectivity index (χ4v) is 14.4. The Morgan fingerprint density at radius 2 is 0.744 bits per heavy atom. The molecular weight excluding hydrogens is 1330 g/mol. The van der Waals surface area contributed by atoms with Crippen molar-refractivity contribution in [2.45, 2.75) is 337 Å². The average molecular weight is 1460 g/mol. The molecule has 3 saturated carbocycles. The second kappa shape index (κ2) is 42.0. The standard InChI is InChI=1S/C24H48N4O2.C18H33N3O2.C12H18N2O2.2C6H15N.HI2P/c1-16(2)27(17(3)4)21(29)25-15-24(11)13-20(12-23(9,10)14-24)26-22(30)28(18(5)6)19(7)8;1-13(2)21(14(3)4)16(23)20-15-8-17(5,6)10-18(7,9-15)11-19-12-22;1-11(2)4-10(14-9-16)5-12(3,6-11)7-13-8-15;2*1-5(2)7-6(3)4;1-3-2/h16-20H,12-15H2,1-11H3,(H,25,29)(H,26,30);13-15H,8-11H2,1-7H3,(H,20,23);10H,4-7H2,1-3H3;2*5-7H,1-4H3;3H/i;;;;;3D. The van der Waals surface area contributed by atoms with E-state index >= 15 is 0 Å². The summed E-state index contributed by atoms with van der Waals surface area (Å²) in [5, 5.41) is 16.3. The molecule has 0 saturated heterocycles. The van der Waals surface area contributed by atoms with Gasteiger partial charge in [0.1, 0.15) is 0 Å². The van der Waals surface area contributed by atoms with Crippen LogP contribution in [0, 0.1) is 32.5 Å². The van der Waals surface area contributed by atoms with Crippen molar-refractivity contribution in [2.75, 3.05) is 19.6 Å². The van der Waals surface area contributed by atoms with Crippen LogP contribution in [0.1, 0.15) is 259 Å². The lowest BCUT2D eigenvalue weighted by Crippen LogP contribution is -2.56. The fraction of sp³-hybridized carbons (Fsp3) is 0.909. The number of hydrogen-bond donors (Lipinski definition) is 5. The van der Waals surface area contributed by atoms with Crippen molar-refractivity contribution in [1.82, 2.24) is 41.3 Å². The van der Waals surface area contributed by atoms with Gasteiger partial charge in [-0.2, -0.15) is 0 Å². The lowest BCUT2D eigenvalue weighted by atomic mass is 9.62. The highest BCUT2D eigenvalue weighted by Gasteiger charge is 2.45. The number of amides is 6. The van der Waals surface area contributed by atoms with Gasteiger partial charge in [0.25, 0.3) is 0 Å². The number of nitrogens with one attached hydrogen (secondary N) is 5. The van der Waals surface area contributed by atoms with Crippen LogP contribution in [-0.4, -0.2) is 150 Å². The Balaban J connectivity index is -0.00000109. The number of aliphatic imine (C=N–C) groups is 3. The minimum atomic E-state index is -0.430. The molecule has 0 aromatic heterocycles. The highest BCUT2D eigenvalue weighted by atomic mass is 127. The zero-order valence-electron chi connectivity index (χ0n) is 60.8. The third-order valence-corrected chi connectivity index (χ3v) is 15.3. The summed E-state index contributed by atoms with van der Waals surface area (Å²) in [6.07, 6.45) is 13.2. The van der Waals surface area contributed by atoms with Crippen molar-refractivity contribution in [3.05, 3.63) is 0 Å². The molecule has 0 aromatic rings. The number of halogens is 2. The average Bonchev–Trinajstić information content (AvgIpc) is 1.01. The van der Waals surface area contributed by atoms with Gasteiger partial charge in [0.05, 0.1) is 20.4 Å². The summed E-state index contributed by atoms with van der Waals surface area (Å²) < 4.78 is 6.19. The second-order valence-electron chi connectivity index (χ2n) is 31.1. The van der Waals surface area contributed by atoms with Gasteiger partial charge in [-0.3, -0.25) is 0 Å². The van der Waals surface area contributed by atoms with E-state index in [4.69, 9.17) is 1.28 Å². The molecule has 0 bridgehead atoms. The summed E-state index contributed by atoms with van der Waals surface area (Å²) in [7, 11) is 0. The maximum Gasteiger partial charge on any atom is 0.318 e. The maximum atomic E-state index is 13.0. The SMILES string of the molecule is CC(C)N(C(=O)NC1CC(C)(C)CC(C)(CN=C=O)C1)C(C)C.CC(C)N(C(=O)NCC1(C)CC(NC(=O)N(C(C)C)C(C)C)CC(C)(C)C1)C(C)C.CC(C)NC(C)C.CC(C)NC(C)C.CC1(C)CC(N=C=O)CC(C)(CN=C=O)C1.[2H]P(I)I. The maximum absolute atomic E-state index is 13.0. The predicted octanol–water partition coefficient (Wildman–Crippen LogP) is 16.4. The van der Waals surface area contributed by atoms with E-state index in [9.17, 15) is 28.8 Å². The molecule has 17 nitrogen and oxygen atoms in total. The van der Waals surface area contributed by atoms with E-state index in [2.05, 4.69) is 231 Å². The highest BCUT2D eigenvalue weighted by Crippen LogP contribution is 2.49. The van der Waals surface area contributed by atoms with Crippen LogP contribution in [0.4, 0.5) is 14.4 Å². The molecule has 86 heavy (non-hydrogen) atoms. The van der Waals surface area contributed by atoms with Gasteiger partial charge < -0.3 is 41.3 Å². The fourth-order valence-electron chi connectivity index (χ4n) is 14.4. The summed E-state index contributed by atoms with van der Waals surface area (Å²) in [6, 6.07) is 3.69. The molecule has 0 aromatic carbocycles. The van der Waals surface area contributed by atoms with Gasteiger partial charge in [-0.25, -0.2) is 43.7 Å². The largest absolute Gasteiger partial charge is 0.337 e. The minimum Gasteiger partial charge on any atom is -0.337 e. The quantitative estimate of drug-likeness (QED) is 0.0363. The van der Waals surface area contributed by atoms with Gasteiger partial charge in [0.15, 0.2) is 0 Å². The number of rotatable bonds is 19. The van der Waals surface area contributed by atoms with Gasteiger partial charge in [-0.1, -0.05) is 118 Å². The zero-order chi connectivity index (χ0) is 68.8. The number of nitrogens with zero attached hydrogens (tertiary/aromatic N) is 6. The van der Waals surface area contributed by atoms with E-state index in [0.29, 0.717) is 43.8 Å². The molecule has 3 aliphatic rings. The number of isocyanates is 3. The van der Waals surface area contributed by atoms with Crippen molar-refractivity contribution < 1.29 is 28.8 Å². The number of carbonyl (C=O) groups is 3. The number of carbonyl (C=O) groups excluding carboxylic acids is 6. The molecule has 20 heteroatoms. The molecule has 0 spiro atoms. The van der Waals surface area contributed by atoms with E-state index < -0.39 is 3.81 Å². The topological polar surface area (TPSA) is 209 Å². The Kier molecular flexibility index (Phi) is 41.9. The molecule has 5 N–H and O–H groups in total. The summed E-state index contributed by atoms with van der Waals surface area (Å²) in [4.78, 5) is 86.4. The minimum absolute atomic E-state index is 0.000983.